The van der Waals surface area contributed by atoms with Crippen LogP contribution in [0.15, 0.2) is 48.5 Å². The lowest BCUT2D eigenvalue weighted by Gasteiger charge is -2.17. The lowest BCUT2D eigenvalue weighted by molar-refractivity contribution is -0.143. The molecule has 1 aromatic heterocycles. The Hall–Kier alpha value is -3.16. The molecule has 0 radical (unpaired) electrons. The molecule has 0 saturated carbocycles. The van der Waals surface area contributed by atoms with Crippen molar-refractivity contribution in [1.29, 1.82) is 0 Å². The first-order valence-electron chi connectivity index (χ1n) is 10.7. The molecule has 0 saturated heterocycles. The minimum atomic E-state index is -0.825. The number of esters is 1. The highest BCUT2D eigenvalue weighted by Crippen LogP contribution is 2.24. The first-order valence-corrected chi connectivity index (χ1v) is 11.4. The highest BCUT2D eigenvalue weighted by molar-refractivity contribution is 6.39. The van der Waals surface area contributed by atoms with Crippen LogP contribution in [-0.4, -0.2) is 35.0 Å². The number of aromatic nitrogens is 2. The van der Waals surface area contributed by atoms with Crippen molar-refractivity contribution >= 4 is 35.1 Å². The van der Waals surface area contributed by atoms with Gasteiger partial charge in [0.05, 0.1) is 22.7 Å². The second-order valence-electron chi connectivity index (χ2n) is 7.72. The molecule has 34 heavy (non-hydrogen) atoms. The Balaban J connectivity index is 1.58. The highest BCUT2D eigenvalue weighted by Gasteiger charge is 2.24. The number of aryl methyl sites for hydroxylation is 3. The predicted octanol–water partition coefficient (Wildman–Crippen LogP) is 5.49. The SMILES string of the molecule is COC(=O)C(CCCc1ccc(Oc2nc(C)cc(C)n2)cc1)NC(=O)c1c(Cl)cccc1Cl. The van der Waals surface area contributed by atoms with Gasteiger partial charge in [-0.05, 0) is 69.0 Å². The van der Waals surface area contributed by atoms with Crippen LogP contribution in [0.4, 0.5) is 0 Å². The first kappa shape index (κ1) is 25.5. The predicted molar refractivity (Wildman–Crippen MR) is 131 cm³/mol. The van der Waals surface area contributed by atoms with E-state index in [9.17, 15) is 9.59 Å². The van der Waals surface area contributed by atoms with E-state index in [1.165, 1.54) is 7.11 Å². The van der Waals surface area contributed by atoms with Crippen molar-refractivity contribution in [3.8, 4) is 11.8 Å². The number of nitrogens with zero attached hydrogens (tertiary/aromatic N) is 2. The number of methoxy groups -OCH3 is 1. The molecule has 0 aliphatic rings. The third-order valence-corrected chi connectivity index (χ3v) is 5.66. The van der Waals surface area contributed by atoms with Crippen molar-refractivity contribution < 1.29 is 19.1 Å². The van der Waals surface area contributed by atoms with Crippen LogP contribution in [0.25, 0.3) is 0 Å². The second-order valence-corrected chi connectivity index (χ2v) is 8.53. The van der Waals surface area contributed by atoms with Crippen LogP contribution in [0.2, 0.25) is 10.0 Å². The number of hydrogen-bond donors (Lipinski definition) is 1. The molecule has 1 unspecified atom stereocenters. The average molecular weight is 502 g/mol. The van der Waals surface area contributed by atoms with Gasteiger partial charge in [-0.1, -0.05) is 41.4 Å². The Kier molecular flexibility index (Phi) is 8.85. The Bertz CT molecular complexity index is 1130. The van der Waals surface area contributed by atoms with Gasteiger partial charge >= 0.3 is 12.0 Å². The van der Waals surface area contributed by atoms with E-state index in [1.54, 1.807) is 18.2 Å². The fourth-order valence-electron chi connectivity index (χ4n) is 3.42. The van der Waals surface area contributed by atoms with Gasteiger partial charge in [0.2, 0.25) is 0 Å². The molecule has 1 N–H and O–H groups in total. The van der Waals surface area contributed by atoms with Crippen molar-refractivity contribution in [2.45, 2.75) is 39.2 Å². The first-order chi connectivity index (χ1) is 16.3. The van der Waals surface area contributed by atoms with Gasteiger partial charge in [0.15, 0.2) is 0 Å². The van der Waals surface area contributed by atoms with E-state index in [0.717, 1.165) is 17.0 Å². The summed E-state index contributed by atoms with van der Waals surface area (Å²) in [7, 11) is 1.28. The van der Waals surface area contributed by atoms with Crippen molar-refractivity contribution in [2.75, 3.05) is 7.11 Å². The maximum atomic E-state index is 12.7. The van der Waals surface area contributed by atoms with E-state index < -0.39 is 17.9 Å². The fraction of sp³-hybridized carbons (Fsp3) is 0.280. The summed E-state index contributed by atoms with van der Waals surface area (Å²) in [6, 6.07) is 13.7. The molecular formula is C25H25Cl2N3O4. The lowest BCUT2D eigenvalue weighted by Crippen LogP contribution is -2.41. The number of ether oxygens (including phenoxy) is 2. The summed E-state index contributed by atoms with van der Waals surface area (Å²) < 4.78 is 10.6. The number of benzene rings is 2. The van der Waals surface area contributed by atoms with Crippen LogP contribution >= 0.6 is 23.2 Å². The zero-order valence-corrected chi connectivity index (χ0v) is 20.6. The standard InChI is InChI=1S/C25H25Cl2N3O4/c1-15-14-16(2)29-25(28-15)34-18-12-10-17(11-13-18)6-4-9-21(24(32)33-3)30-23(31)22-19(26)7-5-8-20(22)27/h5,7-8,10-14,21H,4,6,9H2,1-3H3,(H,30,31). The van der Waals surface area contributed by atoms with Crippen molar-refractivity contribution in [3.63, 3.8) is 0 Å². The number of halogens is 2. The molecule has 9 heteroatoms. The fourth-order valence-corrected chi connectivity index (χ4v) is 3.98. The summed E-state index contributed by atoms with van der Waals surface area (Å²) in [6.07, 6.45) is 1.71. The Morgan fingerprint density at radius 3 is 2.21 bits per heavy atom. The summed E-state index contributed by atoms with van der Waals surface area (Å²) in [5.41, 5.74) is 2.85. The normalized spacial score (nSPS) is 11.6. The van der Waals surface area contributed by atoms with Crippen LogP contribution in [0.5, 0.6) is 11.8 Å². The summed E-state index contributed by atoms with van der Waals surface area (Å²) in [5, 5.41) is 3.10. The molecule has 1 amide bonds. The van der Waals surface area contributed by atoms with Crippen molar-refractivity contribution in [3.05, 3.63) is 81.1 Å². The molecule has 7 nitrogen and oxygen atoms in total. The van der Waals surface area contributed by atoms with E-state index in [2.05, 4.69) is 15.3 Å². The molecule has 0 fully saturated rings. The summed E-state index contributed by atoms with van der Waals surface area (Å²) >= 11 is 12.2. The van der Waals surface area contributed by atoms with Crippen LogP contribution in [0, 0.1) is 13.8 Å². The molecule has 2 aromatic carbocycles. The van der Waals surface area contributed by atoms with Crippen LogP contribution < -0.4 is 10.1 Å². The summed E-state index contributed by atoms with van der Waals surface area (Å²) in [6.45, 7) is 3.77. The van der Waals surface area contributed by atoms with Gasteiger partial charge in [0, 0.05) is 11.4 Å². The number of nitrogens with one attached hydrogen (secondary N) is 1. The maximum Gasteiger partial charge on any atom is 0.328 e. The van der Waals surface area contributed by atoms with Crippen LogP contribution in [0.1, 0.15) is 40.2 Å². The van der Waals surface area contributed by atoms with E-state index >= 15 is 0 Å². The Labute approximate surface area is 208 Å². The lowest BCUT2D eigenvalue weighted by atomic mass is 10.0. The molecule has 0 spiro atoms. The monoisotopic (exact) mass is 501 g/mol. The molecule has 0 bridgehead atoms. The quantitative estimate of drug-likeness (QED) is 0.390. The van der Waals surface area contributed by atoms with Gasteiger partial charge in [-0.15, -0.1) is 0 Å². The van der Waals surface area contributed by atoms with Gasteiger partial charge in [-0.3, -0.25) is 4.79 Å². The van der Waals surface area contributed by atoms with E-state index in [1.807, 2.05) is 44.2 Å². The molecule has 3 aromatic rings. The largest absolute Gasteiger partial charge is 0.467 e. The number of rotatable bonds is 9. The van der Waals surface area contributed by atoms with Gasteiger partial charge in [-0.25, -0.2) is 14.8 Å². The van der Waals surface area contributed by atoms with Crippen molar-refractivity contribution in [2.24, 2.45) is 0 Å². The van der Waals surface area contributed by atoms with E-state index in [4.69, 9.17) is 32.7 Å². The number of hydrogen-bond acceptors (Lipinski definition) is 6. The second kappa shape index (κ2) is 11.8. The smallest absolute Gasteiger partial charge is 0.328 e. The Morgan fingerprint density at radius 2 is 1.62 bits per heavy atom. The highest BCUT2D eigenvalue weighted by atomic mass is 35.5. The maximum absolute atomic E-state index is 12.7. The van der Waals surface area contributed by atoms with Gasteiger partial charge in [-0.2, -0.15) is 0 Å². The zero-order chi connectivity index (χ0) is 24.7. The van der Waals surface area contributed by atoms with Crippen molar-refractivity contribution in [1.82, 2.24) is 15.3 Å². The topological polar surface area (TPSA) is 90.4 Å². The van der Waals surface area contributed by atoms with Crippen LogP contribution in [-0.2, 0) is 16.0 Å². The summed E-state index contributed by atoms with van der Waals surface area (Å²) in [5.74, 6) is -0.431. The number of carbonyl (C=O) groups is 2. The number of amides is 1. The minimum absolute atomic E-state index is 0.128. The zero-order valence-electron chi connectivity index (χ0n) is 19.1. The third kappa shape index (κ3) is 6.92. The van der Waals surface area contributed by atoms with Crippen LogP contribution in [0.3, 0.4) is 0 Å². The molecular weight excluding hydrogens is 477 g/mol. The third-order valence-electron chi connectivity index (χ3n) is 5.03. The van der Waals surface area contributed by atoms with Gasteiger partial charge in [0.1, 0.15) is 11.8 Å². The van der Waals surface area contributed by atoms with E-state index in [-0.39, 0.29) is 15.6 Å². The molecule has 178 valence electrons. The molecule has 0 aliphatic heterocycles. The van der Waals surface area contributed by atoms with Gasteiger partial charge in [0.25, 0.3) is 5.91 Å². The molecule has 1 atom stereocenters. The molecule has 3 rings (SSSR count). The molecule has 1 heterocycles. The number of carbonyl (C=O) groups excluding carboxylic acids is 2. The minimum Gasteiger partial charge on any atom is -0.467 e. The Morgan fingerprint density at radius 1 is 1.00 bits per heavy atom. The summed E-state index contributed by atoms with van der Waals surface area (Å²) in [4.78, 5) is 33.4. The van der Waals surface area contributed by atoms with Gasteiger partial charge < -0.3 is 14.8 Å². The average Bonchev–Trinajstić information content (AvgIpc) is 2.78. The van der Waals surface area contributed by atoms with E-state index in [0.29, 0.717) is 31.0 Å². The molecule has 0 aliphatic carbocycles.